The van der Waals surface area contributed by atoms with Crippen LogP contribution in [0.15, 0.2) is 21.1 Å². The Kier molecular flexibility index (Phi) is 4.33. The standard InChI is InChI=1S/C8H9BrN4OS2/c9-6-1-4-15-7(6)5-16-8-10-11-12-13(8)2-3-14/h1,4,14H,2-3,5H2. The molecular formula is C8H9BrN4OS2. The highest BCUT2D eigenvalue weighted by Crippen LogP contribution is 2.29. The van der Waals surface area contributed by atoms with Crippen LogP contribution in [0.1, 0.15) is 4.88 Å². The molecule has 0 fully saturated rings. The number of hydrogen-bond donors (Lipinski definition) is 1. The number of hydrogen-bond acceptors (Lipinski definition) is 6. The van der Waals surface area contributed by atoms with Crippen LogP contribution in [0, 0.1) is 0 Å². The van der Waals surface area contributed by atoms with Crippen molar-refractivity contribution in [1.29, 1.82) is 0 Å². The third-order valence-corrected chi connectivity index (χ3v) is 4.93. The largest absolute Gasteiger partial charge is 0.394 e. The number of thioether (sulfide) groups is 1. The summed E-state index contributed by atoms with van der Waals surface area (Å²) in [5, 5.41) is 22.9. The summed E-state index contributed by atoms with van der Waals surface area (Å²) in [5.41, 5.74) is 0. The molecule has 2 aromatic heterocycles. The Morgan fingerprint density at radius 1 is 1.56 bits per heavy atom. The van der Waals surface area contributed by atoms with Crippen molar-refractivity contribution in [3.63, 3.8) is 0 Å². The molecule has 0 aliphatic rings. The molecule has 0 aliphatic carbocycles. The van der Waals surface area contributed by atoms with Gasteiger partial charge in [-0.25, -0.2) is 4.68 Å². The molecule has 1 N–H and O–H groups in total. The Balaban J connectivity index is 1.99. The lowest BCUT2D eigenvalue weighted by molar-refractivity contribution is 0.262. The van der Waals surface area contributed by atoms with Gasteiger partial charge in [0.1, 0.15) is 0 Å². The Labute approximate surface area is 109 Å². The van der Waals surface area contributed by atoms with E-state index in [0.29, 0.717) is 6.54 Å². The molecule has 0 atom stereocenters. The van der Waals surface area contributed by atoms with Crippen LogP contribution in [0.3, 0.4) is 0 Å². The summed E-state index contributed by atoms with van der Waals surface area (Å²) >= 11 is 6.74. The molecule has 0 aliphatic heterocycles. The summed E-state index contributed by atoms with van der Waals surface area (Å²) in [4.78, 5) is 1.25. The van der Waals surface area contributed by atoms with Crippen molar-refractivity contribution >= 4 is 39.0 Å². The Bertz CT molecular complexity index is 458. The van der Waals surface area contributed by atoms with Crippen molar-refractivity contribution in [2.24, 2.45) is 0 Å². The number of thiophene rings is 1. The minimum Gasteiger partial charge on any atom is -0.394 e. The molecule has 2 rings (SSSR count). The first-order valence-corrected chi connectivity index (χ1v) is 7.19. The van der Waals surface area contributed by atoms with Gasteiger partial charge in [0.05, 0.1) is 13.2 Å². The van der Waals surface area contributed by atoms with E-state index in [1.807, 2.05) is 11.4 Å². The zero-order valence-corrected chi connectivity index (χ0v) is 11.4. The highest BCUT2D eigenvalue weighted by atomic mass is 79.9. The van der Waals surface area contributed by atoms with Crippen LogP contribution in [0.4, 0.5) is 0 Å². The van der Waals surface area contributed by atoms with Crippen LogP contribution < -0.4 is 0 Å². The number of nitrogens with zero attached hydrogens (tertiary/aromatic N) is 4. The molecule has 16 heavy (non-hydrogen) atoms. The molecule has 0 unspecified atom stereocenters. The lowest BCUT2D eigenvalue weighted by Gasteiger charge is -2.01. The lowest BCUT2D eigenvalue weighted by Crippen LogP contribution is -2.05. The van der Waals surface area contributed by atoms with Crippen LogP contribution in [-0.4, -0.2) is 31.9 Å². The van der Waals surface area contributed by atoms with Crippen LogP contribution in [0.5, 0.6) is 0 Å². The smallest absolute Gasteiger partial charge is 0.209 e. The van der Waals surface area contributed by atoms with Gasteiger partial charge >= 0.3 is 0 Å². The number of aliphatic hydroxyl groups is 1. The summed E-state index contributed by atoms with van der Waals surface area (Å²) in [5.74, 6) is 0.823. The van der Waals surface area contributed by atoms with Crippen molar-refractivity contribution in [2.75, 3.05) is 6.61 Å². The third-order valence-electron chi connectivity index (χ3n) is 1.83. The third kappa shape index (κ3) is 2.82. The fourth-order valence-corrected chi connectivity index (χ4v) is 3.79. The van der Waals surface area contributed by atoms with Gasteiger partial charge in [0.15, 0.2) is 0 Å². The molecule has 2 aromatic rings. The fraction of sp³-hybridized carbons (Fsp3) is 0.375. The molecule has 5 nitrogen and oxygen atoms in total. The molecule has 86 valence electrons. The van der Waals surface area contributed by atoms with E-state index in [9.17, 15) is 0 Å². The monoisotopic (exact) mass is 320 g/mol. The molecule has 0 saturated heterocycles. The molecular weight excluding hydrogens is 312 g/mol. The van der Waals surface area contributed by atoms with Gasteiger partial charge in [-0.3, -0.25) is 0 Å². The number of aromatic nitrogens is 4. The van der Waals surface area contributed by atoms with Crippen LogP contribution in [0.2, 0.25) is 0 Å². The average Bonchev–Trinajstić information content (AvgIpc) is 2.86. The van der Waals surface area contributed by atoms with E-state index in [4.69, 9.17) is 5.11 Å². The number of tetrazole rings is 1. The highest BCUT2D eigenvalue weighted by molar-refractivity contribution is 9.10. The molecule has 0 bridgehead atoms. The van der Waals surface area contributed by atoms with Crippen LogP contribution in [-0.2, 0) is 12.3 Å². The van der Waals surface area contributed by atoms with Crippen molar-refractivity contribution < 1.29 is 5.11 Å². The second kappa shape index (κ2) is 5.76. The summed E-state index contributed by atoms with van der Waals surface area (Å²) in [6.07, 6.45) is 0. The highest BCUT2D eigenvalue weighted by Gasteiger charge is 2.08. The maximum absolute atomic E-state index is 8.83. The zero-order valence-electron chi connectivity index (χ0n) is 8.21. The van der Waals surface area contributed by atoms with Crippen molar-refractivity contribution in [3.8, 4) is 0 Å². The molecule has 0 amide bonds. The zero-order chi connectivity index (χ0) is 11.4. The maximum Gasteiger partial charge on any atom is 0.209 e. The van der Waals surface area contributed by atoms with E-state index in [2.05, 4.69) is 31.5 Å². The van der Waals surface area contributed by atoms with E-state index < -0.39 is 0 Å². The van der Waals surface area contributed by atoms with Crippen molar-refractivity contribution in [3.05, 3.63) is 20.8 Å². The number of halogens is 1. The van der Waals surface area contributed by atoms with Gasteiger partial charge in [-0.05, 0) is 37.8 Å². The van der Waals surface area contributed by atoms with Gasteiger partial charge < -0.3 is 5.11 Å². The Morgan fingerprint density at radius 2 is 2.44 bits per heavy atom. The fourth-order valence-electron chi connectivity index (χ4n) is 1.09. The van der Waals surface area contributed by atoms with E-state index in [-0.39, 0.29) is 6.61 Å². The maximum atomic E-state index is 8.83. The summed E-state index contributed by atoms with van der Waals surface area (Å²) in [6.45, 7) is 0.474. The van der Waals surface area contributed by atoms with Gasteiger partial charge in [-0.15, -0.1) is 16.4 Å². The van der Waals surface area contributed by atoms with E-state index in [1.165, 1.54) is 4.88 Å². The molecule has 0 radical (unpaired) electrons. The molecule has 8 heteroatoms. The second-order valence-electron chi connectivity index (χ2n) is 2.89. The predicted octanol–water partition coefficient (Wildman–Crippen LogP) is 1.78. The van der Waals surface area contributed by atoms with E-state index in [0.717, 1.165) is 15.4 Å². The van der Waals surface area contributed by atoms with Gasteiger partial charge in [0, 0.05) is 15.1 Å². The molecule has 0 aromatic carbocycles. The molecule has 2 heterocycles. The summed E-state index contributed by atoms with van der Waals surface area (Å²) < 4.78 is 2.72. The Morgan fingerprint density at radius 3 is 3.12 bits per heavy atom. The normalized spacial score (nSPS) is 10.9. The predicted molar refractivity (Wildman–Crippen MR) is 66.5 cm³/mol. The van der Waals surface area contributed by atoms with Gasteiger partial charge in [0.2, 0.25) is 5.16 Å². The first kappa shape index (κ1) is 12.0. The molecule has 0 saturated carbocycles. The quantitative estimate of drug-likeness (QED) is 0.851. The summed E-state index contributed by atoms with van der Waals surface area (Å²) in [7, 11) is 0. The van der Waals surface area contributed by atoms with Gasteiger partial charge in [-0.2, -0.15) is 0 Å². The number of rotatable bonds is 5. The van der Waals surface area contributed by atoms with E-state index >= 15 is 0 Å². The summed E-state index contributed by atoms with van der Waals surface area (Å²) in [6, 6.07) is 2.03. The van der Waals surface area contributed by atoms with E-state index in [1.54, 1.807) is 27.8 Å². The number of aliphatic hydroxyl groups excluding tert-OH is 1. The molecule has 0 spiro atoms. The minimum atomic E-state index is 0.0430. The van der Waals surface area contributed by atoms with Crippen LogP contribution >= 0.6 is 39.0 Å². The minimum absolute atomic E-state index is 0.0430. The lowest BCUT2D eigenvalue weighted by atomic mass is 10.5. The first-order chi connectivity index (χ1) is 7.81. The Hall–Kier alpha value is -0.440. The second-order valence-corrected chi connectivity index (χ2v) is 5.69. The van der Waals surface area contributed by atoms with Crippen molar-refractivity contribution in [2.45, 2.75) is 17.5 Å². The topological polar surface area (TPSA) is 63.8 Å². The van der Waals surface area contributed by atoms with Gasteiger partial charge in [0.25, 0.3) is 0 Å². The first-order valence-electron chi connectivity index (χ1n) is 4.53. The van der Waals surface area contributed by atoms with Gasteiger partial charge in [-0.1, -0.05) is 11.8 Å². The van der Waals surface area contributed by atoms with Crippen molar-refractivity contribution in [1.82, 2.24) is 20.2 Å². The van der Waals surface area contributed by atoms with Crippen LogP contribution in [0.25, 0.3) is 0 Å². The SMILES string of the molecule is OCCn1nnnc1SCc1sccc1Br. The average molecular weight is 321 g/mol.